The average Bonchev–Trinajstić information content (AvgIpc) is 2.27. The SMILES string of the molecule is CC(C)C(=O)C1(CC(=O)C(F)(F)F)CCCCC1. The van der Waals surface area contributed by atoms with Crippen molar-refractivity contribution >= 4 is 11.6 Å². The van der Waals surface area contributed by atoms with Crippen molar-refractivity contribution in [1.82, 2.24) is 0 Å². The molecule has 0 aromatic rings. The van der Waals surface area contributed by atoms with Gasteiger partial charge in [0.05, 0.1) is 0 Å². The van der Waals surface area contributed by atoms with Crippen LogP contribution in [0.5, 0.6) is 0 Å². The lowest BCUT2D eigenvalue weighted by atomic mass is 9.66. The number of carbonyl (C=O) groups excluding carboxylic acids is 2. The van der Waals surface area contributed by atoms with Gasteiger partial charge in [0.25, 0.3) is 0 Å². The Bertz CT molecular complexity index is 326. The van der Waals surface area contributed by atoms with Gasteiger partial charge in [0.15, 0.2) is 0 Å². The predicted molar refractivity (Wildman–Crippen MR) is 61.0 cm³/mol. The van der Waals surface area contributed by atoms with E-state index in [4.69, 9.17) is 0 Å². The minimum atomic E-state index is -4.83. The Kier molecular flexibility index (Phi) is 4.56. The molecule has 104 valence electrons. The summed E-state index contributed by atoms with van der Waals surface area (Å²) in [4.78, 5) is 23.4. The molecule has 1 rings (SSSR count). The van der Waals surface area contributed by atoms with Gasteiger partial charge in [-0.2, -0.15) is 13.2 Å². The van der Waals surface area contributed by atoms with Crippen LogP contribution in [0.2, 0.25) is 0 Å². The van der Waals surface area contributed by atoms with Gasteiger partial charge < -0.3 is 0 Å². The second-order valence-corrected chi connectivity index (χ2v) is 5.46. The Morgan fingerprint density at radius 2 is 1.61 bits per heavy atom. The minimum absolute atomic E-state index is 0.195. The molecule has 0 heterocycles. The number of ketones is 2. The first-order valence-electron chi connectivity index (χ1n) is 6.33. The standard InChI is InChI=1S/C13H19F3O2/c1-9(2)11(18)12(6-4-3-5-7-12)8-10(17)13(14,15)16/h9H,3-8H2,1-2H3. The highest BCUT2D eigenvalue weighted by Gasteiger charge is 2.48. The molecule has 0 aromatic heterocycles. The van der Waals surface area contributed by atoms with Crippen molar-refractivity contribution in [2.75, 3.05) is 0 Å². The Morgan fingerprint density at radius 1 is 1.11 bits per heavy atom. The van der Waals surface area contributed by atoms with Gasteiger partial charge in [-0.3, -0.25) is 9.59 Å². The lowest BCUT2D eigenvalue weighted by Crippen LogP contribution is -2.41. The van der Waals surface area contributed by atoms with Crippen LogP contribution in [0.1, 0.15) is 52.4 Å². The van der Waals surface area contributed by atoms with Crippen LogP contribution in [0.25, 0.3) is 0 Å². The van der Waals surface area contributed by atoms with E-state index in [1.54, 1.807) is 13.8 Å². The van der Waals surface area contributed by atoms with Crippen LogP contribution < -0.4 is 0 Å². The molecule has 0 bridgehead atoms. The van der Waals surface area contributed by atoms with Gasteiger partial charge in [0.1, 0.15) is 5.78 Å². The number of Topliss-reactive ketones (excluding diaryl/α,β-unsaturated/α-hetero) is 2. The first-order chi connectivity index (χ1) is 8.19. The van der Waals surface area contributed by atoms with Crippen LogP contribution in [-0.2, 0) is 9.59 Å². The van der Waals surface area contributed by atoms with Crippen molar-refractivity contribution in [2.24, 2.45) is 11.3 Å². The van der Waals surface area contributed by atoms with Crippen molar-refractivity contribution in [3.8, 4) is 0 Å². The summed E-state index contributed by atoms with van der Waals surface area (Å²) in [5.41, 5.74) is -1.07. The van der Waals surface area contributed by atoms with Crippen molar-refractivity contribution in [3.63, 3.8) is 0 Å². The quantitative estimate of drug-likeness (QED) is 0.776. The largest absolute Gasteiger partial charge is 0.450 e. The fourth-order valence-corrected chi connectivity index (χ4v) is 2.76. The minimum Gasteiger partial charge on any atom is -0.299 e. The van der Waals surface area contributed by atoms with Crippen LogP contribution in [0, 0.1) is 11.3 Å². The van der Waals surface area contributed by atoms with Crippen molar-refractivity contribution in [3.05, 3.63) is 0 Å². The summed E-state index contributed by atoms with van der Waals surface area (Å²) in [6, 6.07) is 0. The third-order valence-electron chi connectivity index (χ3n) is 3.67. The molecule has 0 N–H and O–H groups in total. The molecule has 0 unspecified atom stereocenters. The number of hydrogen-bond donors (Lipinski definition) is 0. The number of rotatable bonds is 4. The van der Waals surface area contributed by atoms with Gasteiger partial charge in [0, 0.05) is 17.8 Å². The first kappa shape index (κ1) is 15.2. The normalized spacial score (nSPS) is 19.9. The summed E-state index contributed by atoms with van der Waals surface area (Å²) in [7, 11) is 0. The maximum atomic E-state index is 12.4. The maximum absolute atomic E-state index is 12.4. The van der Waals surface area contributed by atoms with E-state index in [9.17, 15) is 22.8 Å². The molecule has 0 spiro atoms. The smallest absolute Gasteiger partial charge is 0.299 e. The molecule has 0 amide bonds. The molecule has 1 fully saturated rings. The van der Waals surface area contributed by atoms with E-state index in [-0.39, 0.29) is 11.7 Å². The number of alkyl halides is 3. The lowest BCUT2D eigenvalue weighted by molar-refractivity contribution is -0.175. The molecule has 18 heavy (non-hydrogen) atoms. The lowest BCUT2D eigenvalue weighted by Gasteiger charge is -2.36. The molecule has 0 saturated heterocycles. The fourth-order valence-electron chi connectivity index (χ4n) is 2.76. The Balaban J connectivity index is 2.92. The van der Waals surface area contributed by atoms with E-state index >= 15 is 0 Å². The Labute approximate surface area is 105 Å². The van der Waals surface area contributed by atoms with Crippen LogP contribution in [0.15, 0.2) is 0 Å². The van der Waals surface area contributed by atoms with Crippen LogP contribution in [0.4, 0.5) is 13.2 Å². The topological polar surface area (TPSA) is 34.1 Å². The fraction of sp³-hybridized carbons (Fsp3) is 0.846. The number of halogens is 3. The van der Waals surface area contributed by atoms with E-state index < -0.39 is 23.8 Å². The highest BCUT2D eigenvalue weighted by Crippen LogP contribution is 2.43. The second-order valence-electron chi connectivity index (χ2n) is 5.46. The summed E-state index contributed by atoms with van der Waals surface area (Å²) in [5, 5.41) is 0. The Hall–Kier alpha value is -0.870. The zero-order valence-corrected chi connectivity index (χ0v) is 10.8. The molecule has 5 heteroatoms. The highest BCUT2D eigenvalue weighted by atomic mass is 19.4. The molecule has 0 radical (unpaired) electrons. The molecule has 2 nitrogen and oxygen atoms in total. The zero-order chi connectivity index (χ0) is 14.0. The molecule has 0 atom stereocenters. The van der Waals surface area contributed by atoms with Gasteiger partial charge in [-0.1, -0.05) is 33.1 Å². The molecular weight excluding hydrogens is 245 g/mol. The summed E-state index contributed by atoms with van der Waals surface area (Å²) in [6.45, 7) is 3.35. The summed E-state index contributed by atoms with van der Waals surface area (Å²) in [5.74, 6) is -2.29. The van der Waals surface area contributed by atoms with Crippen LogP contribution >= 0.6 is 0 Å². The van der Waals surface area contributed by atoms with Gasteiger partial charge in [-0.25, -0.2) is 0 Å². The first-order valence-corrected chi connectivity index (χ1v) is 6.33. The van der Waals surface area contributed by atoms with E-state index in [1.165, 1.54) is 0 Å². The summed E-state index contributed by atoms with van der Waals surface area (Å²) >= 11 is 0. The monoisotopic (exact) mass is 264 g/mol. The van der Waals surface area contributed by atoms with Gasteiger partial charge in [-0.15, -0.1) is 0 Å². The highest BCUT2D eigenvalue weighted by molar-refractivity contribution is 5.94. The molecule has 0 aliphatic heterocycles. The molecule has 1 aliphatic rings. The third-order valence-corrected chi connectivity index (χ3v) is 3.67. The van der Waals surface area contributed by atoms with E-state index in [0.717, 1.165) is 19.3 Å². The molecule has 0 aromatic carbocycles. The molecule has 1 saturated carbocycles. The Morgan fingerprint density at radius 3 is 2.00 bits per heavy atom. The van der Waals surface area contributed by atoms with Gasteiger partial charge >= 0.3 is 6.18 Å². The van der Waals surface area contributed by atoms with Crippen molar-refractivity contribution < 1.29 is 22.8 Å². The van der Waals surface area contributed by atoms with Gasteiger partial charge in [0.2, 0.25) is 5.78 Å². The summed E-state index contributed by atoms with van der Waals surface area (Å²) in [6.07, 6.45) is -2.31. The summed E-state index contributed by atoms with van der Waals surface area (Å²) < 4.78 is 37.1. The predicted octanol–water partition coefficient (Wildman–Crippen LogP) is 3.68. The van der Waals surface area contributed by atoms with Crippen molar-refractivity contribution in [2.45, 2.75) is 58.5 Å². The zero-order valence-electron chi connectivity index (χ0n) is 10.8. The van der Waals surface area contributed by atoms with E-state index in [1.807, 2.05) is 0 Å². The average molecular weight is 264 g/mol. The number of hydrogen-bond acceptors (Lipinski definition) is 2. The van der Waals surface area contributed by atoms with Crippen LogP contribution in [0.3, 0.4) is 0 Å². The maximum Gasteiger partial charge on any atom is 0.450 e. The van der Waals surface area contributed by atoms with Gasteiger partial charge in [-0.05, 0) is 12.8 Å². The van der Waals surface area contributed by atoms with E-state index in [0.29, 0.717) is 12.8 Å². The van der Waals surface area contributed by atoms with Crippen molar-refractivity contribution in [1.29, 1.82) is 0 Å². The second kappa shape index (κ2) is 5.41. The van der Waals surface area contributed by atoms with Crippen LogP contribution in [-0.4, -0.2) is 17.7 Å². The molecule has 1 aliphatic carbocycles. The van der Waals surface area contributed by atoms with E-state index in [2.05, 4.69) is 0 Å². The number of carbonyl (C=O) groups is 2. The third kappa shape index (κ3) is 3.33. The molecular formula is C13H19F3O2.